The summed E-state index contributed by atoms with van der Waals surface area (Å²) in [6.07, 6.45) is 6.48. The minimum atomic E-state index is -1.11. The van der Waals surface area contributed by atoms with Crippen molar-refractivity contribution in [2.45, 2.75) is 25.4 Å². The lowest BCUT2D eigenvalue weighted by Gasteiger charge is -2.30. The molecule has 1 saturated heterocycles. The lowest BCUT2D eigenvalue weighted by Crippen LogP contribution is -2.34. The highest BCUT2D eigenvalue weighted by Gasteiger charge is 2.45. The molecule has 0 spiro atoms. The zero-order valence-electron chi connectivity index (χ0n) is 19.8. The van der Waals surface area contributed by atoms with E-state index in [1.54, 1.807) is 36.9 Å². The van der Waals surface area contributed by atoms with Crippen molar-refractivity contribution in [3.63, 3.8) is 0 Å². The fraction of sp³-hybridized carbons (Fsp3) is 0.231. The Morgan fingerprint density at radius 2 is 2.03 bits per heavy atom. The molecule has 0 radical (unpaired) electrons. The number of anilines is 1. The number of nitrogens with one attached hydrogen (secondary N) is 1. The van der Waals surface area contributed by atoms with Crippen molar-refractivity contribution in [1.82, 2.24) is 19.5 Å². The van der Waals surface area contributed by atoms with Crippen LogP contribution in [0.25, 0.3) is 11.3 Å². The minimum absolute atomic E-state index is 0.230. The standard InChI is InChI=1S/C26H23Cl2N5O4/c1-17(34)31-25-30-9-8-24(32-25)18-2-5-20(6-3-18)35-13-21-14-36-26(37-21,15-33-11-10-29-16-33)22-7-4-19(27)12-23(22)28/h2-12,16,21H,13-15H2,1H3,(H,30,31,32,34)/t21-,26-/m1/s1. The van der Waals surface area contributed by atoms with Crippen LogP contribution >= 0.6 is 23.2 Å². The first-order valence-electron chi connectivity index (χ1n) is 11.5. The largest absolute Gasteiger partial charge is 0.491 e. The molecule has 0 aliphatic carbocycles. The van der Waals surface area contributed by atoms with Crippen LogP contribution in [-0.4, -0.2) is 44.7 Å². The second-order valence-electron chi connectivity index (χ2n) is 8.45. The van der Waals surface area contributed by atoms with E-state index in [0.29, 0.717) is 40.2 Å². The summed E-state index contributed by atoms with van der Waals surface area (Å²) in [7, 11) is 0. The van der Waals surface area contributed by atoms with Crippen molar-refractivity contribution in [2.75, 3.05) is 18.5 Å². The zero-order chi connectivity index (χ0) is 25.8. The molecule has 3 heterocycles. The number of imidazole rings is 1. The molecule has 1 amide bonds. The van der Waals surface area contributed by atoms with Gasteiger partial charge in [-0.2, -0.15) is 0 Å². The molecule has 1 aliphatic rings. The number of carbonyl (C=O) groups excluding carboxylic acids is 1. The van der Waals surface area contributed by atoms with Gasteiger partial charge in [-0.15, -0.1) is 0 Å². The molecule has 0 bridgehead atoms. The molecule has 11 heteroatoms. The van der Waals surface area contributed by atoms with Gasteiger partial charge in [0.2, 0.25) is 17.6 Å². The summed E-state index contributed by atoms with van der Waals surface area (Å²) in [5.41, 5.74) is 2.23. The van der Waals surface area contributed by atoms with Crippen LogP contribution in [0.3, 0.4) is 0 Å². The van der Waals surface area contributed by atoms with Gasteiger partial charge >= 0.3 is 0 Å². The number of carbonyl (C=O) groups is 1. The van der Waals surface area contributed by atoms with Crippen LogP contribution in [0.5, 0.6) is 5.75 Å². The maximum Gasteiger partial charge on any atom is 0.229 e. The second-order valence-corrected chi connectivity index (χ2v) is 9.29. The summed E-state index contributed by atoms with van der Waals surface area (Å²) < 4.78 is 20.5. The van der Waals surface area contributed by atoms with Gasteiger partial charge in [-0.1, -0.05) is 29.3 Å². The van der Waals surface area contributed by atoms with Crippen molar-refractivity contribution in [1.29, 1.82) is 0 Å². The smallest absolute Gasteiger partial charge is 0.229 e. The molecule has 5 rings (SSSR count). The molecule has 37 heavy (non-hydrogen) atoms. The average molecular weight is 540 g/mol. The van der Waals surface area contributed by atoms with Crippen molar-refractivity contribution in [2.24, 2.45) is 0 Å². The molecule has 0 saturated carbocycles. The van der Waals surface area contributed by atoms with Gasteiger partial charge in [0.1, 0.15) is 18.5 Å². The summed E-state index contributed by atoms with van der Waals surface area (Å²) in [6, 6.07) is 14.5. The Kier molecular flexibility index (Phi) is 7.38. The molecule has 0 unspecified atom stereocenters. The first-order chi connectivity index (χ1) is 17.9. The molecular weight excluding hydrogens is 517 g/mol. The normalized spacial score (nSPS) is 19.1. The monoisotopic (exact) mass is 539 g/mol. The first-order valence-corrected chi connectivity index (χ1v) is 12.2. The minimum Gasteiger partial charge on any atom is -0.491 e. The Morgan fingerprint density at radius 3 is 2.76 bits per heavy atom. The number of rotatable bonds is 8. The summed E-state index contributed by atoms with van der Waals surface area (Å²) in [5.74, 6) is -0.422. The van der Waals surface area contributed by atoms with Gasteiger partial charge in [0.05, 0.1) is 30.2 Å². The third-order valence-corrected chi connectivity index (χ3v) is 6.23. The number of nitrogens with zero attached hydrogens (tertiary/aromatic N) is 4. The van der Waals surface area contributed by atoms with Gasteiger partial charge in [-0.3, -0.25) is 10.1 Å². The average Bonchev–Trinajstić information content (AvgIpc) is 3.53. The summed E-state index contributed by atoms with van der Waals surface area (Å²) >= 11 is 12.6. The van der Waals surface area contributed by atoms with Gasteiger partial charge in [-0.25, -0.2) is 15.0 Å². The van der Waals surface area contributed by atoms with Crippen molar-refractivity contribution < 1.29 is 19.0 Å². The molecule has 1 fully saturated rings. The predicted molar refractivity (Wildman–Crippen MR) is 138 cm³/mol. The van der Waals surface area contributed by atoms with E-state index < -0.39 is 5.79 Å². The van der Waals surface area contributed by atoms with E-state index in [0.717, 1.165) is 5.56 Å². The number of benzene rings is 2. The van der Waals surface area contributed by atoms with Crippen LogP contribution < -0.4 is 10.1 Å². The zero-order valence-corrected chi connectivity index (χ0v) is 21.3. The summed E-state index contributed by atoms with van der Waals surface area (Å²) in [6.45, 7) is 2.36. The van der Waals surface area contributed by atoms with E-state index >= 15 is 0 Å². The van der Waals surface area contributed by atoms with Gasteiger partial charge < -0.3 is 18.8 Å². The van der Waals surface area contributed by atoms with Gasteiger partial charge in [0.15, 0.2) is 0 Å². The fourth-order valence-electron chi connectivity index (χ4n) is 4.02. The van der Waals surface area contributed by atoms with Crippen LogP contribution in [0.15, 0.2) is 73.4 Å². The van der Waals surface area contributed by atoms with Crippen LogP contribution in [0, 0.1) is 0 Å². The third kappa shape index (κ3) is 5.91. The molecule has 4 aromatic rings. The van der Waals surface area contributed by atoms with Gasteiger partial charge in [0, 0.05) is 41.7 Å². The topological polar surface area (TPSA) is 100 Å². The fourth-order valence-corrected chi connectivity index (χ4v) is 4.58. The third-order valence-electron chi connectivity index (χ3n) is 5.68. The molecule has 1 N–H and O–H groups in total. The maximum atomic E-state index is 11.3. The first kappa shape index (κ1) is 25.2. The van der Waals surface area contributed by atoms with Crippen molar-refractivity contribution >= 4 is 35.1 Å². The SMILES string of the molecule is CC(=O)Nc1nccc(-c2ccc(OC[C@@H]3CO[C@@](Cn4ccnc4)(c4ccc(Cl)cc4Cl)O3)cc2)n1. The molecule has 2 atom stereocenters. The maximum absolute atomic E-state index is 11.3. The lowest BCUT2D eigenvalue weighted by molar-refractivity contribution is -0.189. The van der Waals surface area contributed by atoms with E-state index in [-0.39, 0.29) is 24.6 Å². The van der Waals surface area contributed by atoms with Crippen LogP contribution in [0.4, 0.5) is 5.95 Å². The van der Waals surface area contributed by atoms with Gasteiger partial charge in [0.25, 0.3) is 0 Å². The number of halogens is 2. The van der Waals surface area contributed by atoms with E-state index in [4.69, 9.17) is 37.4 Å². The Bertz CT molecular complexity index is 1380. The number of aromatic nitrogens is 4. The molecule has 9 nitrogen and oxygen atoms in total. The molecular formula is C26H23Cl2N5O4. The van der Waals surface area contributed by atoms with E-state index in [1.807, 2.05) is 41.1 Å². The van der Waals surface area contributed by atoms with Crippen molar-refractivity contribution in [3.8, 4) is 17.0 Å². The van der Waals surface area contributed by atoms with Crippen molar-refractivity contribution in [3.05, 3.63) is 89.1 Å². The van der Waals surface area contributed by atoms with Crippen LogP contribution in [0.2, 0.25) is 10.0 Å². The number of amides is 1. The Labute approximate surface area is 223 Å². The highest BCUT2D eigenvalue weighted by Crippen LogP contribution is 2.40. The molecule has 2 aromatic carbocycles. The predicted octanol–water partition coefficient (Wildman–Crippen LogP) is 4.95. The second kappa shape index (κ2) is 10.9. The number of hydrogen-bond donors (Lipinski definition) is 1. The van der Waals surface area contributed by atoms with Crippen LogP contribution in [-0.2, 0) is 26.6 Å². The Balaban J connectivity index is 1.26. The Morgan fingerprint density at radius 1 is 1.19 bits per heavy atom. The molecule has 1 aliphatic heterocycles. The molecule has 190 valence electrons. The molecule has 2 aromatic heterocycles. The van der Waals surface area contributed by atoms with E-state index in [1.165, 1.54) is 6.92 Å². The summed E-state index contributed by atoms with van der Waals surface area (Å²) in [5, 5.41) is 3.57. The lowest BCUT2D eigenvalue weighted by atomic mass is 10.1. The number of ether oxygens (including phenoxy) is 3. The quantitative estimate of drug-likeness (QED) is 0.338. The van der Waals surface area contributed by atoms with Gasteiger partial charge in [-0.05, 0) is 42.5 Å². The highest BCUT2D eigenvalue weighted by atomic mass is 35.5. The number of hydrogen-bond acceptors (Lipinski definition) is 7. The highest BCUT2D eigenvalue weighted by molar-refractivity contribution is 6.35. The summed E-state index contributed by atoms with van der Waals surface area (Å²) in [4.78, 5) is 23.8. The Hall–Kier alpha value is -3.50. The van der Waals surface area contributed by atoms with E-state index in [2.05, 4.69) is 20.3 Å². The van der Waals surface area contributed by atoms with Crippen LogP contribution in [0.1, 0.15) is 12.5 Å². The van der Waals surface area contributed by atoms with E-state index in [9.17, 15) is 4.79 Å².